The fourth-order valence-electron chi connectivity index (χ4n) is 0.363. The fraction of sp³-hybridized carbons (Fsp3) is 1.00. The van der Waals surface area contributed by atoms with Gasteiger partial charge in [0.25, 0.3) is 0 Å². The Morgan fingerprint density at radius 2 is 2.10 bits per heavy atom. The molecule has 4 nitrogen and oxygen atoms in total. The van der Waals surface area contributed by atoms with Crippen molar-refractivity contribution in [1.82, 2.24) is 4.31 Å². The molecule has 0 spiro atoms. The van der Waals surface area contributed by atoms with Gasteiger partial charge in [0.05, 0.1) is 6.61 Å². The van der Waals surface area contributed by atoms with Crippen molar-refractivity contribution in [3.63, 3.8) is 0 Å². The number of alkyl halides is 1. The number of rotatable bonds is 4. The smallest absolute Gasteiger partial charge is 0.227 e. The molecule has 0 aliphatic heterocycles. The van der Waals surface area contributed by atoms with Crippen LogP contribution in [-0.4, -0.2) is 43.2 Å². The van der Waals surface area contributed by atoms with E-state index >= 15 is 0 Å². The molecule has 0 atom stereocenters. The van der Waals surface area contributed by atoms with Gasteiger partial charge < -0.3 is 5.11 Å². The number of nitrogens with zero attached hydrogens (tertiary/aromatic N) is 1. The maximum absolute atomic E-state index is 10.8. The van der Waals surface area contributed by atoms with Crippen LogP contribution < -0.4 is 0 Å². The molecule has 10 heavy (non-hydrogen) atoms. The third-order valence-corrected chi connectivity index (χ3v) is 3.26. The summed E-state index contributed by atoms with van der Waals surface area (Å²) in [6.45, 7) is -0.0956. The predicted octanol–water partition coefficient (Wildman–Crippen LogP) is -0.563. The van der Waals surface area contributed by atoms with Crippen LogP contribution in [0.4, 0.5) is 0 Å². The van der Waals surface area contributed by atoms with E-state index in [-0.39, 0.29) is 13.2 Å². The molecule has 0 heterocycles. The topological polar surface area (TPSA) is 57.6 Å². The molecule has 0 fully saturated rings. The predicted molar refractivity (Wildman–Crippen MR) is 39.4 cm³/mol. The molecule has 0 aromatic heterocycles. The highest BCUT2D eigenvalue weighted by Gasteiger charge is 2.14. The first-order chi connectivity index (χ1) is 4.54. The van der Waals surface area contributed by atoms with Crippen molar-refractivity contribution >= 4 is 21.6 Å². The Bertz CT molecular complexity index is 179. The Labute approximate surface area is 65.5 Å². The van der Waals surface area contributed by atoms with Crippen LogP contribution in [0.2, 0.25) is 0 Å². The van der Waals surface area contributed by atoms with Crippen molar-refractivity contribution in [1.29, 1.82) is 0 Å². The summed E-state index contributed by atoms with van der Waals surface area (Å²) < 4.78 is 22.6. The van der Waals surface area contributed by atoms with E-state index in [1.165, 1.54) is 7.05 Å². The highest BCUT2D eigenvalue weighted by Crippen LogP contribution is 1.98. The molecule has 0 saturated heterocycles. The van der Waals surface area contributed by atoms with Crippen LogP contribution in [0.5, 0.6) is 0 Å². The Balaban J connectivity index is 4.06. The van der Waals surface area contributed by atoms with Gasteiger partial charge in [0.15, 0.2) is 0 Å². The maximum atomic E-state index is 10.8. The quantitative estimate of drug-likeness (QED) is 0.601. The second kappa shape index (κ2) is 4.12. The van der Waals surface area contributed by atoms with E-state index in [4.69, 9.17) is 16.7 Å². The molecule has 0 aliphatic carbocycles. The number of hydrogen-bond acceptors (Lipinski definition) is 3. The standard InChI is InChI=1S/C4H10ClNO3S/c1-6(2-3-7)10(8,9)4-5/h7H,2-4H2,1H3. The number of hydrogen-bond donors (Lipinski definition) is 1. The van der Waals surface area contributed by atoms with E-state index in [1.54, 1.807) is 0 Å². The third kappa shape index (κ3) is 2.83. The van der Waals surface area contributed by atoms with Crippen molar-refractivity contribution in [2.75, 3.05) is 25.4 Å². The van der Waals surface area contributed by atoms with Crippen LogP contribution in [0.1, 0.15) is 0 Å². The van der Waals surface area contributed by atoms with Gasteiger partial charge in [-0.15, -0.1) is 11.6 Å². The number of likely N-dealkylation sites (N-methyl/N-ethyl adjacent to an activating group) is 1. The molecule has 0 aromatic carbocycles. The lowest BCUT2D eigenvalue weighted by Crippen LogP contribution is -2.30. The van der Waals surface area contributed by atoms with Crippen molar-refractivity contribution in [3.05, 3.63) is 0 Å². The van der Waals surface area contributed by atoms with Crippen LogP contribution in [0.3, 0.4) is 0 Å². The lowest BCUT2D eigenvalue weighted by atomic mass is 10.7. The molecule has 1 N–H and O–H groups in total. The summed E-state index contributed by atoms with van der Waals surface area (Å²) in [4.78, 5) is 0. The van der Waals surface area contributed by atoms with Gasteiger partial charge in [0, 0.05) is 13.6 Å². The molecule has 6 heteroatoms. The largest absolute Gasteiger partial charge is 0.395 e. The molecule has 0 unspecified atom stereocenters. The van der Waals surface area contributed by atoms with Crippen LogP contribution >= 0.6 is 11.6 Å². The molecular weight excluding hydrogens is 178 g/mol. The second-order valence-corrected chi connectivity index (χ2v) is 4.43. The van der Waals surface area contributed by atoms with Gasteiger partial charge in [-0.25, -0.2) is 12.7 Å². The Morgan fingerprint density at radius 3 is 2.40 bits per heavy atom. The number of aliphatic hydroxyl groups excluding tert-OH is 1. The van der Waals surface area contributed by atoms with Gasteiger partial charge in [0.1, 0.15) is 5.21 Å². The highest BCUT2D eigenvalue weighted by atomic mass is 35.5. The molecule has 0 bridgehead atoms. The van der Waals surface area contributed by atoms with Crippen molar-refractivity contribution < 1.29 is 13.5 Å². The lowest BCUT2D eigenvalue weighted by molar-refractivity contribution is 0.267. The molecule has 0 amide bonds. The molecular formula is C4H10ClNO3S. The Morgan fingerprint density at radius 1 is 1.60 bits per heavy atom. The minimum absolute atomic E-state index is 0.0923. The molecule has 0 saturated carbocycles. The zero-order valence-corrected chi connectivity index (χ0v) is 7.19. The van der Waals surface area contributed by atoms with Crippen LogP contribution in [-0.2, 0) is 10.0 Å². The zero-order valence-electron chi connectivity index (χ0n) is 5.62. The summed E-state index contributed by atoms with van der Waals surface area (Å²) in [5.41, 5.74) is 0. The first-order valence-corrected chi connectivity index (χ1v) is 4.80. The first kappa shape index (κ1) is 10.2. The maximum Gasteiger partial charge on any atom is 0.227 e. The van der Waals surface area contributed by atoms with E-state index in [9.17, 15) is 8.42 Å². The molecule has 62 valence electrons. The van der Waals surface area contributed by atoms with Gasteiger partial charge in [0.2, 0.25) is 10.0 Å². The summed E-state index contributed by atoms with van der Waals surface area (Å²) >= 11 is 5.11. The van der Waals surface area contributed by atoms with E-state index in [0.29, 0.717) is 0 Å². The molecule has 0 aliphatic rings. The van der Waals surface area contributed by atoms with Crippen LogP contribution in [0.25, 0.3) is 0 Å². The lowest BCUT2D eigenvalue weighted by Gasteiger charge is -2.12. The van der Waals surface area contributed by atoms with E-state index in [2.05, 4.69) is 0 Å². The zero-order chi connectivity index (χ0) is 8.20. The number of sulfonamides is 1. The SMILES string of the molecule is CN(CCO)S(=O)(=O)CCl. The van der Waals surface area contributed by atoms with E-state index < -0.39 is 15.2 Å². The van der Waals surface area contributed by atoms with Crippen molar-refractivity contribution in [3.8, 4) is 0 Å². The van der Waals surface area contributed by atoms with Crippen molar-refractivity contribution in [2.24, 2.45) is 0 Å². The van der Waals surface area contributed by atoms with Crippen LogP contribution in [0, 0.1) is 0 Å². The average molecular weight is 188 g/mol. The summed E-state index contributed by atoms with van der Waals surface area (Å²) in [6.07, 6.45) is 0. The normalized spacial score (nSPS) is 12.4. The molecule has 0 rings (SSSR count). The summed E-state index contributed by atoms with van der Waals surface area (Å²) in [7, 11) is -1.95. The number of halogens is 1. The van der Waals surface area contributed by atoms with Gasteiger partial charge in [-0.05, 0) is 0 Å². The second-order valence-electron chi connectivity index (χ2n) is 1.77. The molecule has 0 radical (unpaired) electrons. The third-order valence-electron chi connectivity index (χ3n) is 1.03. The molecule has 0 aromatic rings. The Hall–Kier alpha value is 0.160. The van der Waals surface area contributed by atoms with E-state index in [1.807, 2.05) is 0 Å². The van der Waals surface area contributed by atoms with Gasteiger partial charge in [-0.3, -0.25) is 0 Å². The average Bonchev–Trinajstić information content (AvgIpc) is 1.89. The van der Waals surface area contributed by atoms with E-state index in [0.717, 1.165) is 4.31 Å². The summed E-state index contributed by atoms with van der Waals surface area (Å²) in [5, 5.41) is 7.91. The van der Waals surface area contributed by atoms with Gasteiger partial charge in [-0.1, -0.05) is 0 Å². The monoisotopic (exact) mass is 187 g/mol. The van der Waals surface area contributed by atoms with Crippen molar-refractivity contribution in [2.45, 2.75) is 0 Å². The minimum atomic E-state index is -3.32. The Kier molecular flexibility index (Phi) is 4.19. The van der Waals surface area contributed by atoms with Gasteiger partial charge in [-0.2, -0.15) is 0 Å². The number of aliphatic hydroxyl groups is 1. The minimum Gasteiger partial charge on any atom is -0.395 e. The first-order valence-electron chi connectivity index (χ1n) is 2.65. The highest BCUT2D eigenvalue weighted by molar-refractivity contribution is 7.90. The summed E-state index contributed by atoms with van der Waals surface area (Å²) in [6, 6.07) is 0. The fourth-order valence-corrected chi connectivity index (χ4v) is 1.39. The van der Waals surface area contributed by atoms with Gasteiger partial charge >= 0.3 is 0 Å². The van der Waals surface area contributed by atoms with Crippen LogP contribution in [0.15, 0.2) is 0 Å². The summed E-state index contributed by atoms with van der Waals surface area (Å²) in [5.74, 6) is 0.